The minimum absolute atomic E-state index is 0.232. The first kappa shape index (κ1) is 19.6. The topological polar surface area (TPSA) is 45.5 Å². The van der Waals surface area contributed by atoms with Gasteiger partial charge in [-0.3, -0.25) is 4.99 Å². The van der Waals surface area contributed by atoms with E-state index >= 15 is 0 Å². The van der Waals surface area contributed by atoms with E-state index in [1.165, 1.54) is 5.56 Å². The van der Waals surface area contributed by atoms with Crippen LogP contribution in [-0.2, 0) is 0 Å². The number of hydrogen-bond donors (Lipinski definition) is 1. The molecule has 3 aromatic carbocycles. The Hall–Kier alpha value is -3.72. The molecule has 0 radical (unpaired) electrons. The number of phenols is 1. The van der Waals surface area contributed by atoms with Gasteiger partial charge in [-0.1, -0.05) is 66.2 Å². The summed E-state index contributed by atoms with van der Waals surface area (Å²) in [4.78, 5) is 9.41. The summed E-state index contributed by atoms with van der Waals surface area (Å²) in [6.07, 6.45) is 1.78. The predicted molar refractivity (Wildman–Crippen MR) is 125 cm³/mol. The Kier molecular flexibility index (Phi) is 5.44. The first-order chi connectivity index (χ1) is 14.5. The number of hydrogen-bond acceptors (Lipinski definition) is 3. The van der Waals surface area contributed by atoms with E-state index in [4.69, 9.17) is 4.98 Å². The first-order valence-electron chi connectivity index (χ1n) is 9.99. The summed E-state index contributed by atoms with van der Waals surface area (Å²) in [5, 5.41) is 10.9. The molecule has 0 saturated heterocycles. The van der Waals surface area contributed by atoms with Gasteiger partial charge in [0.1, 0.15) is 5.75 Å². The zero-order valence-electron chi connectivity index (χ0n) is 17.4. The number of nitrogens with zero attached hydrogens (tertiary/aromatic N) is 2. The number of aliphatic imine (C=N–C) groups is 1. The number of phenolic OH excluding ortho intramolecular Hbond substituents is 1. The van der Waals surface area contributed by atoms with Crippen LogP contribution in [0.1, 0.15) is 22.4 Å². The van der Waals surface area contributed by atoms with Crippen molar-refractivity contribution in [3.8, 4) is 28.1 Å². The van der Waals surface area contributed by atoms with E-state index in [0.29, 0.717) is 11.3 Å². The van der Waals surface area contributed by atoms with E-state index in [1.807, 2.05) is 66.7 Å². The van der Waals surface area contributed by atoms with Gasteiger partial charge in [-0.25, -0.2) is 4.98 Å². The Bertz CT molecular complexity index is 1200. The second kappa shape index (κ2) is 8.34. The maximum atomic E-state index is 10.9. The molecule has 3 heteroatoms. The molecule has 4 aromatic rings. The molecule has 0 spiro atoms. The highest BCUT2D eigenvalue weighted by Gasteiger charge is 2.12. The smallest absolute Gasteiger partial charge is 0.132 e. The minimum atomic E-state index is 0.232. The minimum Gasteiger partial charge on any atom is -0.507 e. The second-order valence-corrected chi connectivity index (χ2v) is 7.52. The maximum Gasteiger partial charge on any atom is 0.132 e. The van der Waals surface area contributed by atoms with E-state index in [0.717, 1.165) is 33.6 Å². The summed E-state index contributed by atoms with van der Waals surface area (Å²) in [6, 6.07) is 25.7. The Morgan fingerprint density at radius 3 is 2.17 bits per heavy atom. The zero-order chi connectivity index (χ0) is 21.1. The molecule has 4 rings (SSSR count). The van der Waals surface area contributed by atoms with Gasteiger partial charge in [-0.05, 0) is 55.7 Å². The lowest BCUT2D eigenvalue weighted by atomic mass is 9.99. The van der Waals surface area contributed by atoms with E-state index in [1.54, 1.807) is 6.21 Å². The molecule has 0 bridgehead atoms. The highest BCUT2D eigenvalue weighted by Crippen LogP contribution is 2.37. The molecule has 3 nitrogen and oxygen atoms in total. The van der Waals surface area contributed by atoms with Gasteiger partial charge in [0.2, 0.25) is 0 Å². The summed E-state index contributed by atoms with van der Waals surface area (Å²) < 4.78 is 0. The van der Waals surface area contributed by atoms with Crippen molar-refractivity contribution in [1.82, 2.24) is 4.98 Å². The fourth-order valence-corrected chi connectivity index (χ4v) is 3.78. The monoisotopic (exact) mass is 392 g/mol. The molecule has 1 aromatic heterocycles. The average Bonchev–Trinajstić information content (AvgIpc) is 2.74. The molecule has 0 aliphatic heterocycles. The van der Waals surface area contributed by atoms with Crippen LogP contribution >= 0.6 is 0 Å². The largest absolute Gasteiger partial charge is 0.507 e. The van der Waals surface area contributed by atoms with Crippen molar-refractivity contribution in [2.45, 2.75) is 20.8 Å². The van der Waals surface area contributed by atoms with Crippen LogP contribution in [0.2, 0.25) is 0 Å². The molecule has 0 atom stereocenters. The number of aryl methyl sites for hydroxylation is 3. The van der Waals surface area contributed by atoms with E-state index in [9.17, 15) is 5.11 Å². The third kappa shape index (κ3) is 4.01. The Morgan fingerprint density at radius 2 is 1.43 bits per heavy atom. The van der Waals surface area contributed by atoms with Crippen LogP contribution in [-0.4, -0.2) is 16.3 Å². The van der Waals surface area contributed by atoms with Crippen LogP contribution < -0.4 is 0 Å². The lowest BCUT2D eigenvalue weighted by Gasteiger charge is -2.10. The summed E-state index contributed by atoms with van der Waals surface area (Å²) in [7, 11) is 0. The standard InChI is InChI=1S/C27H24N2O/c1-18-15-19(2)26(20(3)16-18)28-17-22-11-7-14-25(29-22)24-13-8-12-23(27(24)30)21-9-5-4-6-10-21/h4-17,30H,1-3H3. The fourth-order valence-electron chi connectivity index (χ4n) is 3.78. The molecule has 0 amide bonds. The highest BCUT2D eigenvalue weighted by atomic mass is 16.3. The summed E-state index contributed by atoms with van der Waals surface area (Å²) in [6.45, 7) is 6.24. The second-order valence-electron chi connectivity index (χ2n) is 7.52. The number of rotatable bonds is 4. The third-order valence-electron chi connectivity index (χ3n) is 5.13. The molecule has 148 valence electrons. The van der Waals surface area contributed by atoms with Gasteiger partial charge >= 0.3 is 0 Å². The van der Waals surface area contributed by atoms with Gasteiger partial charge < -0.3 is 5.11 Å². The lowest BCUT2D eigenvalue weighted by Crippen LogP contribution is -1.92. The predicted octanol–water partition coefficient (Wildman–Crippen LogP) is 6.80. The van der Waals surface area contributed by atoms with Gasteiger partial charge in [0.15, 0.2) is 0 Å². The molecule has 0 aliphatic carbocycles. The summed E-state index contributed by atoms with van der Waals surface area (Å²) in [5.41, 5.74) is 8.43. The van der Waals surface area contributed by atoms with Crippen LogP contribution in [0.25, 0.3) is 22.4 Å². The van der Waals surface area contributed by atoms with Crippen molar-refractivity contribution >= 4 is 11.9 Å². The Morgan fingerprint density at radius 1 is 0.767 bits per heavy atom. The van der Waals surface area contributed by atoms with Gasteiger partial charge in [-0.2, -0.15) is 0 Å². The van der Waals surface area contributed by atoms with Gasteiger partial charge in [0.25, 0.3) is 0 Å². The Balaban J connectivity index is 1.70. The highest BCUT2D eigenvalue weighted by molar-refractivity contribution is 5.84. The normalized spacial score (nSPS) is 11.2. The molecule has 1 N–H and O–H groups in total. The molecule has 0 unspecified atom stereocenters. The number of para-hydroxylation sites is 1. The molecular formula is C27H24N2O. The van der Waals surface area contributed by atoms with Crippen LogP contribution in [0.3, 0.4) is 0 Å². The van der Waals surface area contributed by atoms with Gasteiger partial charge in [0, 0.05) is 11.1 Å². The van der Waals surface area contributed by atoms with Gasteiger partial charge in [-0.15, -0.1) is 0 Å². The molecule has 0 fully saturated rings. The number of aromatic nitrogens is 1. The molecule has 0 saturated carbocycles. The molecule has 30 heavy (non-hydrogen) atoms. The molecule has 1 heterocycles. The Labute approximate surface area is 177 Å². The van der Waals surface area contributed by atoms with Crippen molar-refractivity contribution in [3.63, 3.8) is 0 Å². The summed E-state index contributed by atoms with van der Waals surface area (Å²) in [5.74, 6) is 0.232. The lowest BCUT2D eigenvalue weighted by molar-refractivity contribution is 0.479. The van der Waals surface area contributed by atoms with Crippen LogP contribution in [0.15, 0.2) is 83.9 Å². The van der Waals surface area contributed by atoms with E-state index in [2.05, 4.69) is 37.9 Å². The van der Waals surface area contributed by atoms with E-state index in [-0.39, 0.29) is 5.75 Å². The summed E-state index contributed by atoms with van der Waals surface area (Å²) >= 11 is 0. The van der Waals surface area contributed by atoms with E-state index < -0.39 is 0 Å². The van der Waals surface area contributed by atoms with Crippen LogP contribution in [0.5, 0.6) is 5.75 Å². The fraction of sp³-hybridized carbons (Fsp3) is 0.111. The van der Waals surface area contributed by atoms with Gasteiger partial charge in [0.05, 0.1) is 23.3 Å². The third-order valence-corrected chi connectivity index (χ3v) is 5.13. The first-order valence-corrected chi connectivity index (χ1v) is 9.99. The van der Waals surface area contributed by atoms with Crippen molar-refractivity contribution < 1.29 is 5.11 Å². The van der Waals surface area contributed by atoms with Crippen molar-refractivity contribution in [1.29, 1.82) is 0 Å². The maximum absolute atomic E-state index is 10.9. The van der Waals surface area contributed by atoms with Crippen molar-refractivity contribution in [2.24, 2.45) is 4.99 Å². The number of aromatic hydroxyl groups is 1. The quantitative estimate of drug-likeness (QED) is 0.388. The zero-order valence-corrected chi connectivity index (χ0v) is 17.4. The number of benzene rings is 3. The van der Waals surface area contributed by atoms with Crippen molar-refractivity contribution in [2.75, 3.05) is 0 Å². The molecular weight excluding hydrogens is 368 g/mol. The van der Waals surface area contributed by atoms with Crippen LogP contribution in [0.4, 0.5) is 5.69 Å². The van der Waals surface area contributed by atoms with Crippen LogP contribution in [0, 0.1) is 20.8 Å². The average molecular weight is 393 g/mol. The molecule has 0 aliphatic rings. The SMILES string of the molecule is Cc1cc(C)c(N=Cc2cccc(-c3cccc(-c4ccccc4)c3O)n2)c(C)c1. The van der Waals surface area contributed by atoms with Crippen molar-refractivity contribution in [3.05, 3.63) is 101 Å². The number of pyridine rings is 1.